The summed E-state index contributed by atoms with van der Waals surface area (Å²) in [5, 5.41) is 3.82. The van der Waals surface area contributed by atoms with Gasteiger partial charge in [-0.1, -0.05) is 17.3 Å². The number of halogens is 3. The van der Waals surface area contributed by atoms with E-state index in [4.69, 9.17) is 4.52 Å². The van der Waals surface area contributed by atoms with Crippen LogP contribution >= 0.6 is 11.3 Å². The number of carbonyl (C=O) groups excluding carboxylic acids is 1. The summed E-state index contributed by atoms with van der Waals surface area (Å²) in [6.45, 7) is 2.13. The van der Waals surface area contributed by atoms with Crippen LogP contribution in [0, 0.1) is 5.82 Å². The van der Waals surface area contributed by atoms with Gasteiger partial charge < -0.3 is 9.42 Å². The van der Waals surface area contributed by atoms with Crippen molar-refractivity contribution in [2.45, 2.75) is 50.0 Å². The van der Waals surface area contributed by atoms with Gasteiger partial charge in [-0.2, -0.15) is 4.98 Å². The van der Waals surface area contributed by atoms with E-state index >= 15 is 0 Å². The second kappa shape index (κ2) is 7.44. The van der Waals surface area contributed by atoms with Gasteiger partial charge in [0.05, 0.1) is 11.2 Å². The Morgan fingerprint density at radius 3 is 2.74 bits per heavy atom. The molecule has 6 nitrogen and oxygen atoms in total. The highest BCUT2D eigenvalue weighted by Crippen LogP contribution is 2.47. The van der Waals surface area contributed by atoms with Crippen LogP contribution in [0.25, 0.3) is 0 Å². The molecule has 0 bridgehead atoms. The molecular formula is C21H19F3N4O2S. The molecule has 162 valence electrons. The molecule has 0 saturated heterocycles. The molecule has 3 heterocycles. The van der Waals surface area contributed by atoms with Crippen molar-refractivity contribution in [2.75, 3.05) is 6.54 Å². The molecule has 1 aromatic carbocycles. The van der Waals surface area contributed by atoms with Crippen LogP contribution in [0.2, 0.25) is 0 Å². The number of hydrogen-bond donors (Lipinski definition) is 0. The normalized spacial score (nSPS) is 21.4. The Hall–Kier alpha value is -2.75. The van der Waals surface area contributed by atoms with E-state index in [2.05, 4.69) is 15.1 Å². The SMILES string of the molecule is CC(C(=O)N1CCc2scnc2C1c1ccc(F)cc1)c1nc(C2CC(F)(F)C2)no1. The van der Waals surface area contributed by atoms with Crippen molar-refractivity contribution < 1.29 is 22.5 Å². The quantitative estimate of drug-likeness (QED) is 0.590. The van der Waals surface area contributed by atoms with Crippen molar-refractivity contribution in [3.63, 3.8) is 0 Å². The molecule has 2 aromatic heterocycles. The molecule has 1 aliphatic carbocycles. The number of alkyl halides is 2. The Morgan fingerprint density at radius 2 is 2.03 bits per heavy atom. The van der Waals surface area contributed by atoms with E-state index in [0.29, 0.717) is 13.0 Å². The lowest BCUT2D eigenvalue weighted by molar-refractivity contribution is -0.135. The lowest BCUT2D eigenvalue weighted by atomic mass is 9.81. The number of nitrogens with zero attached hydrogens (tertiary/aromatic N) is 4. The van der Waals surface area contributed by atoms with Crippen LogP contribution in [0.1, 0.15) is 65.5 Å². The largest absolute Gasteiger partial charge is 0.338 e. The van der Waals surface area contributed by atoms with Gasteiger partial charge >= 0.3 is 0 Å². The van der Waals surface area contributed by atoms with Crippen LogP contribution in [0.15, 0.2) is 34.3 Å². The second-order valence-corrected chi connectivity index (χ2v) is 9.01. The molecular weight excluding hydrogens is 429 g/mol. The first kappa shape index (κ1) is 20.2. The number of aromatic nitrogens is 3. The molecule has 10 heteroatoms. The first-order valence-electron chi connectivity index (χ1n) is 10.0. The van der Waals surface area contributed by atoms with Gasteiger partial charge in [-0.3, -0.25) is 4.79 Å². The van der Waals surface area contributed by atoms with Crippen LogP contribution in [-0.2, 0) is 11.2 Å². The van der Waals surface area contributed by atoms with Gasteiger partial charge in [0.1, 0.15) is 17.8 Å². The maximum absolute atomic E-state index is 13.5. The highest BCUT2D eigenvalue weighted by molar-refractivity contribution is 7.09. The molecule has 0 spiro atoms. The van der Waals surface area contributed by atoms with Gasteiger partial charge in [0.2, 0.25) is 17.7 Å². The third-order valence-electron chi connectivity index (χ3n) is 5.95. The summed E-state index contributed by atoms with van der Waals surface area (Å²) in [4.78, 5) is 24.9. The third kappa shape index (κ3) is 3.62. The monoisotopic (exact) mass is 448 g/mol. The Morgan fingerprint density at radius 1 is 1.29 bits per heavy atom. The molecule has 3 aromatic rings. The van der Waals surface area contributed by atoms with E-state index in [1.807, 2.05) is 0 Å². The predicted octanol–water partition coefficient (Wildman–Crippen LogP) is 4.46. The maximum Gasteiger partial charge on any atom is 0.249 e. The summed E-state index contributed by atoms with van der Waals surface area (Å²) in [5.74, 6) is -4.15. The van der Waals surface area contributed by atoms with Crippen molar-refractivity contribution in [1.29, 1.82) is 0 Å². The number of rotatable bonds is 4. The van der Waals surface area contributed by atoms with Crippen molar-refractivity contribution in [3.05, 3.63) is 63.4 Å². The second-order valence-electron chi connectivity index (χ2n) is 8.07. The van der Waals surface area contributed by atoms with Crippen molar-refractivity contribution in [3.8, 4) is 0 Å². The minimum atomic E-state index is -2.69. The van der Waals surface area contributed by atoms with Gasteiger partial charge in [-0.25, -0.2) is 18.2 Å². The van der Waals surface area contributed by atoms with Crippen molar-refractivity contribution in [2.24, 2.45) is 0 Å². The number of fused-ring (bicyclic) bond motifs is 1. The fourth-order valence-corrected chi connectivity index (χ4v) is 4.98. The average molecular weight is 448 g/mol. The molecule has 0 radical (unpaired) electrons. The van der Waals surface area contributed by atoms with E-state index in [-0.39, 0.29) is 36.3 Å². The Kier molecular flexibility index (Phi) is 4.84. The molecule has 5 rings (SSSR count). The predicted molar refractivity (Wildman–Crippen MR) is 105 cm³/mol. The van der Waals surface area contributed by atoms with Crippen molar-refractivity contribution >= 4 is 17.2 Å². The van der Waals surface area contributed by atoms with Gasteiger partial charge in [0, 0.05) is 36.6 Å². The molecule has 31 heavy (non-hydrogen) atoms. The summed E-state index contributed by atoms with van der Waals surface area (Å²) >= 11 is 1.54. The minimum Gasteiger partial charge on any atom is -0.338 e. The van der Waals surface area contributed by atoms with Crippen molar-refractivity contribution in [1.82, 2.24) is 20.0 Å². The summed E-state index contributed by atoms with van der Waals surface area (Å²) in [7, 11) is 0. The zero-order chi connectivity index (χ0) is 21.8. The summed E-state index contributed by atoms with van der Waals surface area (Å²) in [6, 6.07) is 5.59. The molecule has 1 saturated carbocycles. The van der Waals surface area contributed by atoms with E-state index < -0.39 is 23.8 Å². The fourth-order valence-electron chi connectivity index (χ4n) is 4.20. The Balaban J connectivity index is 1.41. The smallest absolute Gasteiger partial charge is 0.249 e. The number of thiazole rings is 1. The summed E-state index contributed by atoms with van der Waals surface area (Å²) in [6.07, 6.45) is 0.0573. The van der Waals surface area contributed by atoms with Crippen LogP contribution in [0.5, 0.6) is 0 Å². The van der Waals surface area contributed by atoms with Gasteiger partial charge in [0.15, 0.2) is 5.82 Å². The minimum absolute atomic E-state index is 0.108. The maximum atomic E-state index is 13.5. The molecule has 1 aliphatic heterocycles. The summed E-state index contributed by atoms with van der Waals surface area (Å²) < 4.78 is 45.1. The van der Waals surface area contributed by atoms with E-state index in [0.717, 1.165) is 16.1 Å². The van der Waals surface area contributed by atoms with Crippen LogP contribution in [0.3, 0.4) is 0 Å². The molecule has 2 unspecified atom stereocenters. The highest BCUT2D eigenvalue weighted by atomic mass is 32.1. The third-order valence-corrected chi connectivity index (χ3v) is 6.85. The Labute approximate surface area is 180 Å². The van der Waals surface area contributed by atoms with Crippen LogP contribution < -0.4 is 0 Å². The first-order valence-corrected chi connectivity index (χ1v) is 10.9. The molecule has 2 aliphatic rings. The number of carbonyl (C=O) groups is 1. The topological polar surface area (TPSA) is 72.1 Å². The molecule has 2 atom stereocenters. The number of benzene rings is 1. The molecule has 1 fully saturated rings. The van der Waals surface area contributed by atoms with E-state index in [9.17, 15) is 18.0 Å². The van der Waals surface area contributed by atoms with Crippen LogP contribution in [0.4, 0.5) is 13.2 Å². The fraction of sp³-hybridized carbons (Fsp3) is 0.429. The lowest BCUT2D eigenvalue weighted by Gasteiger charge is -2.36. The molecule has 0 N–H and O–H groups in total. The van der Waals surface area contributed by atoms with Gasteiger partial charge in [-0.15, -0.1) is 11.3 Å². The van der Waals surface area contributed by atoms with Crippen LogP contribution in [-0.4, -0.2) is 38.4 Å². The lowest BCUT2D eigenvalue weighted by Crippen LogP contribution is -2.42. The number of hydrogen-bond acceptors (Lipinski definition) is 6. The van der Waals surface area contributed by atoms with E-state index in [1.54, 1.807) is 29.5 Å². The van der Waals surface area contributed by atoms with E-state index in [1.165, 1.54) is 23.5 Å². The Bertz CT molecular complexity index is 1110. The highest BCUT2D eigenvalue weighted by Gasteiger charge is 2.48. The average Bonchev–Trinajstić information content (AvgIpc) is 3.40. The summed E-state index contributed by atoms with van der Waals surface area (Å²) in [5.41, 5.74) is 3.29. The first-order chi connectivity index (χ1) is 14.8. The van der Waals surface area contributed by atoms with Gasteiger partial charge in [0.25, 0.3) is 0 Å². The molecule has 1 amide bonds. The standard InChI is InChI=1S/C21H19F3N4O2S/c1-11(19-26-18(27-30-19)13-8-21(23,24)9-13)20(29)28-7-6-15-16(25-10-31-15)17(28)12-2-4-14(22)5-3-12/h2-5,10-11,13,17H,6-9H2,1H3. The van der Waals surface area contributed by atoms with Gasteiger partial charge in [-0.05, 0) is 24.6 Å². The zero-order valence-electron chi connectivity index (χ0n) is 16.6. The number of amides is 1. The zero-order valence-corrected chi connectivity index (χ0v) is 17.4.